The molecule has 0 bridgehead atoms. The molecule has 8 aromatic carbocycles. The second-order valence-corrected chi connectivity index (χ2v) is 19.7. The minimum Gasteiger partial charge on any atom is -0.228 e. The Balaban J connectivity index is 1.07. The van der Waals surface area contributed by atoms with Gasteiger partial charge < -0.3 is 0 Å². The zero-order valence-electron chi connectivity index (χ0n) is 32.0. The summed E-state index contributed by atoms with van der Waals surface area (Å²) in [6.45, 7) is 4.86. The maximum atomic E-state index is 5.39. The number of rotatable bonds is 7. The van der Waals surface area contributed by atoms with Crippen molar-refractivity contribution in [3.63, 3.8) is 0 Å². The lowest BCUT2D eigenvalue weighted by Gasteiger charge is -2.21. The number of fused-ring (bicyclic) bond motifs is 3. The van der Waals surface area contributed by atoms with Crippen LogP contribution in [0, 0.1) is 0 Å². The number of hydrogen-bond donors (Lipinski definition) is 0. The predicted molar refractivity (Wildman–Crippen MR) is 242 cm³/mol. The second-order valence-electron chi connectivity index (χ2n) is 15.4. The van der Waals surface area contributed by atoms with Gasteiger partial charge >= 0.3 is 0 Å². The molecule has 270 valence electrons. The molecule has 1 aliphatic heterocycles. The Kier molecular flexibility index (Phi) is 8.66. The van der Waals surface area contributed by atoms with Crippen LogP contribution in [0.1, 0.15) is 0 Å². The van der Waals surface area contributed by atoms with Crippen LogP contribution < -0.4 is 10.4 Å². The highest BCUT2D eigenvalue weighted by atomic mass is 28.3. The van der Waals surface area contributed by atoms with Crippen molar-refractivity contribution < 1.29 is 0 Å². The molecular formula is C54H40N2Si. The second kappa shape index (κ2) is 14.3. The van der Waals surface area contributed by atoms with Gasteiger partial charge in [-0.2, -0.15) is 0 Å². The van der Waals surface area contributed by atoms with Gasteiger partial charge in [-0.25, -0.2) is 9.97 Å². The summed E-state index contributed by atoms with van der Waals surface area (Å²) < 4.78 is 0. The van der Waals surface area contributed by atoms with E-state index in [1.54, 1.807) is 0 Å². The standard InChI is InChI=1S/C54H40N2Si/c1-57(2)50-30-13-12-29-49(50)52-53(57)51(39-21-10-5-11-22-39)55-54(56-52)45-28-16-25-42(33-45)41-24-15-27-44(32-41)48-35-46(38-19-8-4-9-20-38)34-47(36-48)43-26-14-23-40(31-43)37-17-6-3-7-18-37/h3-36H,1-2H3. The summed E-state index contributed by atoms with van der Waals surface area (Å²) in [7, 11) is -2.03. The zero-order chi connectivity index (χ0) is 38.3. The third-order valence-electron chi connectivity index (χ3n) is 11.4. The zero-order valence-corrected chi connectivity index (χ0v) is 33.0. The minimum atomic E-state index is -2.03. The molecule has 2 heterocycles. The largest absolute Gasteiger partial charge is 0.228 e. The molecule has 57 heavy (non-hydrogen) atoms. The number of aromatic nitrogens is 2. The molecule has 0 fully saturated rings. The normalized spacial score (nSPS) is 12.5. The first kappa shape index (κ1) is 34.5. The lowest BCUT2D eigenvalue weighted by atomic mass is 9.91. The number of nitrogens with zero attached hydrogens (tertiary/aromatic N) is 2. The average molecular weight is 745 g/mol. The van der Waals surface area contributed by atoms with E-state index in [2.05, 4.69) is 219 Å². The van der Waals surface area contributed by atoms with Crippen molar-refractivity contribution in [1.29, 1.82) is 0 Å². The van der Waals surface area contributed by atoms with E-state index in [4.69, 9.17) is 9.97 Å². The quantitative estimate of drug-likeness (QED) is 0.152. The Morgan fingerprint density at radius 1 is 0.298 bits per heavy atom. The van der Waals surface area contributed by atoms with Gasteiger partial charge in [-0.3, -0.25) is 0 Å². The van der Waals surface area contributed by atoms with E-state index in [1.807, 2.05) is 0 Å². The van der Waals surface area contributed by atoms with Crippen molar-refractivity contribution in [2.45, 2.75) is 13.1 Å². The van der Waals surface area contributed by atoms with E-state index in [1.165, 1.54) is 60.4 Å². The fourth-order valence-corrected chi connectivity index (χ4v) is 11.8. The monoisotopic (exact) mass is 744 g/mol. The predicted octanol–water partition coefficient (Wildman–Crippen LogP) is 12.9. The van der Waals surface area contributed by atoms with Crippen molar-refractivity contribution in [3.8, 4) is 89.5 Å². The van der Waals surface area contributed by atoms with Crippen molar-refractivity contribution in [2.24, 2.45) is 0 Å². The molecule has 10 rings (SSSR count). The van der Waals surface area contributed by atoms with Crippen LogP contribution in [0.3, 0.4) is 0 Å². The van der Waals surface area contributed by atoms with E-state index < -0.39 is 8.07 Å². The maximum absolute atomic E-state index is 5.39. The third-order valence-corrected chi connectivity index (χ3v) is 14.9. The molecule has 0 saturated carbocycles. The lowest BCUT2D eigenvalue weighted by molar-refractivity contribution is 1.20. The van der Waals surface area contributed by atoms with Crippen LogP contribution in [-0.2, 0) is 0 Å². The maximum Gasteiger partial charge on any atom is 0.160 e. The van der Waals surface area contributed by atoms with Crippen LogP contribution in [0.15, 0.2) is 206 Å². The Labute approximate surface area is 335 Å². The SMILES string of the molecule is C[Si]1(C)c2ccccc2-c2nc(-c3cccc(-c4cccc(-c5cc(-c6ccccc6)cc(-c6cccc(-c7ccccc7)c6)c5)c4)c3)nc(-c3ccccc3)c21. The van der Waals surface area contributed by atoms with Crippen molar-refractivity contribution in [3.05, 3.63) is 206 Å². The summed E-state index contributed by atoms with van der Waals surface area (Å²) in [6.07, 6.45) is 0. The van der Waals surface area contributed by atoms with Gasteiger partial charge in [0.05, 0.1) is 11.4 Å². The van der Waals surface area contributed by atoms with Gasteiger partial charge in [0.1, 0.15) is 8.07 Å². The van der Waals surface area contributed by atoms with Crippen LogP contribution in [-0.4, -0.2) is 18.0 Å². The molecule has 9 aromatic rings. The topological polar surface area (TPSA) is 25.8 Å². The van der Waals surface area contributed by atoms with Crippen molar-refractivity contribution in [2.75, 3.05) is 0 Å². The molecule has 1 aromatic heterocycles. The van der Waals surface area contributed by atoms with Crippen molar-refractivity contribution >= 4 is 18.4 Å². The van der Waals surface area contributed by atoms with Crippen LogP contribution in [0.4, 0.5) is 0 Å². The molecule has 0 amide bonds. The molecule has 1 aliphatic rings. The third kappa shape index (κ3) is 6.42. The van der Waals surface area contributed by atoms with E-state index in [-0.39, 0.29) is 0 Å². The van der Waals surface area contributed by atoms with Gasteiger partial charge in [-0.05, 0) is 108 Å². The van der Waals surface area contributed by atoms with E-state index in [0.717, 1.165) is 39.5 Å². The van der Waals surface area contributed by atoms with Crippen molar-refractivity contribution in [1.82, 2.24) is 9.97 Å². The summed E-state index contributed by atoms with van der Waals surface area (Å²) in [5, 5.41) is 2.75. The van der Waals surface area contributed by atoms with E-state index in [0.29, 0.717) is 0 Å². The highest BCUT2D eigenvalue weighted by Crippen LogP contribution is 2.37. The molecule has 0 spiro atoms. The first-order chi connectivity index (χ1) is 28.0. The molecule has 0 radical (unpaired) electrons. The van der Waals surface area contributed by atoms with Gasteiger partial charge in [0.15, 0.2) is 5.82 Å². The molecular weight excluding hydrogens is 705 g/mol. The molecule has 0 atom stereocenters. The highest BCUT2D eigenvalue weighted by Gasteiger charge is 2.41. The number of hydrogen-bond acceptors (Lipinski definition) is 2. The minimum absolute atomic E-state index is 0.755. The lowest BCUT2D eigenvalue weighted by Crippen LogP contribution is -2.50. The molecule has 0 aliphatic carbocycles. The van der Waals surface area contributed by atoms with Gasteiger partial charge in [-0.15, -0.1) is 0 Å². The van der Waals surface area contributed by atoms with Crippen LogP contribution >= 0.6 is 0 Å². The first-order valence-electron chi connectivity index (χ1n) is 19.6. The van der Waals surface area contributed by atoms with Gasteiger partial charge in [0.25, 0.3) is 0 Å². The first-order valence-corrected chi connectivity index (χ1v) is 22.6. The highest BCUT2D eigenvalue weighted by molar-refractivity contribution is 7.04. The van der Waals surface area contributed by atoms with Crippen LogP contribution in [0.2, 0.25) is 13.1 Å². The smallest absolute Gasteiger partial charge is 0.160 e. The summed E-state index contributed by atoms with van der Waals surface area (Å²) in [5.41, 5.74) is 17.3. The molecule has 0 saturated heterocycles. The molecule has 0 unspecified atom stereocenters. The molecule has 3 heteroatoms. The van der Waals surface area contributed by atoms with Gasteiger partial charge in [0, 0.05) is 11.1 Å². The summed E-state index contributed by atoms with van der Waals surface area (Å²) in [6, 6.07) is 74.2. The fraction of sp³-hybridized carbons (Fsp3) is 0.0370. The van der Waals surface area contributed by atoms with E-state index in [9.17, 15) is 0 Å². The van der Waals surface area contributed by atoms with Crippen LogP contribution in [0.25, 0.3) is 89.5 Å². The summed E-state index contributed by atoms with van der Waals surface area (Å²) >= 11 is 0. The fourth-order valence-electron chi connectivity index (χ4n) is 8.53. The number of benzene rings is 8. The Bertz CT molecular complexity index is 2920. The Hall–Kier alpha value is -6.94. The summed E-state index contributed by atoms with van der Waals surface area (Å²) in [4.78, 5) is 10.8. The van der Waals surface area contributed by atoms with E-state index >= 15 is 0 Å². The summed E-state index contributed by atoms with van der Waals surface area (Å²) in [5.74, 6) is 0.755. The van der Waals surface area contributed by atoms with Crippen LogP contribution in [0.5, 0.6) is 0 Å². The van der Waals surface area contributed by atoms with Gasteiger partial charge in [-0.1, -0.05) is 183 Å². The Morgan fingerprint density at radius 2 is 0.649 bits per heavy atom. The van der Waals surface area contributed by atoms with Gasteiger partial charge in [0.2, 0.25) is 0 Å². The average Bonchev–Trinajstić information content (AvgIpc) is 3.52. The Morgan fingerprint density at radius 3 is 1.21 bits per heavy atom. The molecule has 2 nitrogen and oxygen atoms in total. The molecule has 0 N–H and O–H groups in total.